The second-order valence-electron chi connectivity index (χ2n) is 6.78. The molecule has 2 aliphatic rings. The van der Waals surface area contributed by atoms with Crippen LogP contribution in [-0.4, -0.2) is 23.9 Å². The molecule has 2 N–H and O–H groups in total. The third kappa shape index (κ3) is 3.13. The summed E-state index contributed by atoms with van der Waals surface area (Å²) in [6.45, 7) is 2.29. The normalized spacial score (nSPS) is 20.9. The highest BCUT2D eigenvalue weighted by Gasteiger charge is 2.35. The number of rotatable bonds is 3. The molecule has 1 aromatic rings. The van der Waals surface area contributed by atoms with Crippen LogP contribution < -0.4 is 5.73 Å². The molecule has 1 fully saturated rings. The van der Waals surface area contributed by atoms with Crippen molar-refractivity contribution in [2.75, 3.05) is 13.1 Å². The minimum Gasteiger partial charge on any atom is -0.338 e. The summed E-state index contributed by atoms with van der Waals surface area (Å²) in [6, 6.07) is 8.48. The molecule has 0 aromatic heterocycles. The Bertz CT molecular complexity index is 506. The Balaban J connectivity index is 1.66. The molecule has 1 aliphatic heterocycles. The molecule has 1 aliphatic carbocycles. The van der Waals surface area contributed by atoms with Gasteiger partial charge in [0.1, 0.15) is 0 Å². The summed E-state index contributed by atoms with van der Waals surface area (Å²) < 4.78 is 0. The number of nitrogens with two attached hydrogens (primary N) is 1. The molecule has 1 heterocycles. The van der Waals surface area contributed by atoms with Crippen molar-refractivity contribution >= 4 is 5.91 Å². The van der Waals surface area contributed by atoms with Crippen molar-refractivity contribution in [2.45, 2.75) is 51.5 Å². The number of hydrogen-bond acceptors (Lipinski definition) is 2. The number of hydrogen-bond donors (Lipinski definition) is 1. The van der Waals surface area contributed by atoms with E-state index in [0.717, 1.165) is 32.4 Å². The highest BCUT2D eigenvalue weighted by molar-refractivity contribution is 5.77. The Hall–Kier alpha value is -1.35. The number of nitrogens with zero attached hydrogens (tertiary/aromatic N) is 1. The van der Waals surface area contributed by atoms with Gasteiger partial charge in [-0.15, -0.1) is 0 Å². The maximum Gasteiger partial charge on any atom is 0.223 e. The Morgan fingerprint density at radius 1 is 1.14 bits per heavy atom. The largest absolute Gasteiger partial charge is 0.338 e. The van der Waals surface area contributed by atoms with Crippen molar-refractivity contribution in [3.05, 3.63) is 35.4 Å². The minimum absolute atomic E-state index is 0.0757. The molecular weight excluding hydrogens is 260 g/mol. The average Bonchev–Trinajstić information content (AvgIpc) is 2.55. The topological polar surface area (TPSA) is 46.3 Å². The number of fused-ring (bicyclic) bond motifs is 1. The van der Waals surface area contributed by atoms with Gasteiger partial charge in [-0.05, 0) is 42.3 Å². The first kappa shape index (κ1) is 14.6. The Morgan fingerprint density at radius 3 is 2.57 bits per heavy atom. The quantitative estimate of drug-likeness (QED) is 0.928. The molecule has 0 radical (unpaired) electrons. The molecule has 1 amide bonds. The van der Waals surface area contributed by atoms with Crippen molar-refractivity contribution in [1.82, 2.24) is 4.90 Å². The Kier molecular flexibility index (Phi) is 4.29. The molecule has 0 unspecified atom stereocenters. The van der Waals surface area contributed by atoms with Gasteiger partial charge in [0.25, 0.3) is 0 Å². The van der Waals surface area contributed by atoms with Crippen molar-refractivity contribution in [1.29, 1.82) is 0 Å². The molecule has 0 spiro atoms. The van der Waals surface area contributed by atoms with E-state index in [1.54, 1.807) is 0 Å². The van der Waals surface area contributed by atoms with Crippen LogP contribution in [0.4, 0.5) is 0 Å². The highest BCUT2D eigenvalue weighted by atomic mass is 16.2. The second kappa shape index (κ2) is 6.18. The third-order valence-electron chi connectivity index (χ3n) is 5.36. The summed E-state index contributed by atoms with van der Waals surface area (Å²) in [4.78, 5) is 14.7. The fourth-order valence-electron chi connectivity index (χ4n) is 3.90. The maximum absolute atomic E-state index is 12.7. The summed E-state index contributed by atoms with van der Waals surface area (Å²) in [7, 11) is 0. The van der Waals surface area contributed by atoms with E-state index in [2.05, 4.69) is 24.3 Å². The van der Waals surface area contributed by atoms with Gasteiger partial charge in [0.15, 0.2) is 0 Å². The van der Waals surface area contributed by atoms with Gasteiger partial charge < -0.3 is 10.6 Å². The van der Waals surface area contributed by atoms with E-state index in [1.165, 1.54) is 30.4 Å². The van der Waals surface area contributed by atoms with E-state index < -0.39 is 0 Å². The smallest absolute Gasteiger partial charge is 0.223 e. The van der Waals surface area contributed by atoms with Crippen molar-refractivity contribution < 1.29 is 4.79 Å². The van der Waals surface area contributed by atoms with E-state index >= 15 is 0 Å². The monoisotopic (exact) mass is 286 g/mol. The van der Waals surface area contributed by atoms with Crippen LogP contribution in [0.3, 0.4) is 0 Å². The first-order chi connectivity index (χ1) is 10.2. The summed E-state index contributed by atoms with van der Waals surface area (Å²) >= 11 is 0. The molecule has 114 valence electrons. The third-order valence-corrected chi connectivity index (χ3v) is 5.36. The lowest BCUT2D eigenvalue weighted by Gasteiger charge is -2.38. The molecular formula is C18H26N2O. The van der Waals surface area contributed by atoms with Crippen molar-refractivity contribution in [3.8, 4) is 0 Å². The lowest BCUT2D eigenvalue weighted by molar-refractivity contribution is -0.135. The molecule has 0 saturated heterocycles. The number of carbonyl (C=O) groups is 1. The van der Waals surface area contributed by atoms with Gasteiger partial charge in [-0.25, -0.2) is 0 Å². The molecule has 3 nitrogen and oxygen atoms in total. The van der Waals surface area contributed by atoms with Crippen molar-refractivity contribution in [3.63, 3.8) is 0 Å². The first-order valence-corrected chi connectivity index (χ1v) is 8.27. The van der Waals surface area contributed by atoms with Gasteiger partial charge in [0.05, 0.1) is 0 Å². The van der Waals surface area contributed by atoms with Gasteiger partial charge in [-0.2, -0.15) is 0 Å². The summed E-state index contributed by atoms with van der Waals surface area (Å²) in [5.41, 5.74) is 8.80. The summed E-state index contributed by atoms with van der Waals surface area (Å²) in [6.07, 6.45) is 7.64. The fraction of sp³-hybridized carbons (Fsp3) is 0.611. The van der Waals surface area contributed by atoms with E-state index in [1.807, 2.05) is 4.90 Å². The first-order valence-electron chi connectivity index (χ1n) is 8.27. The standard InChI is InChI=1S/C18H26N2O/c19-14-18(9-4-1-5-10-18)12-17(21)20-11-8-15-6-2-3-7-16(15)13-20/h2-3,6-7H,1,4-5,8-14,19H2. The van der Waals surface area contributed by atoms with Crippen molar-refractivity contribution in [2.24, 2.45) is 11.1 Å². The number of carbonyl (C=O) groups excluding carboxylic acids is 1. The Labute approximate surface area is 127 Å². The minimum atomic E-state index is 0.0757. The lowest BCUT2D eigenvalue weighted by atomic mass is 9.71. The van der Waals surface area contributed by atoms with Crippen LogP contribution in [0.15, 0.2) is 24.3 Å². The predicted molar refractivity (Wildman–Crippen MR) is 84.8 cm³/mol. The second-order valence-corrected chi connectivity index (χ2v) is 6.78. The SMILES string of the molecule is NCC1(CC(=O)N2CCc3ccccc3C2)CCCCC1. The molecule has 3 heteroatoms. The van der Waals surface area contributed by atoms with Crippen LogP contribution in [0.1, 0.15) is 49.7 Å². The summed E-state index contributed by atoms with van der Waals surface area (Å²) in [5.74, 6) is 0.303. The predicted octanol–water partition coefficient (Wildman–Crippen LogP) is 2.87. The van der Waals surface area contributed by atoms with Gasteiger partial charge in [0, 0.05) is 19.5 Å². The molecule has 0 bridgehead atoms. The zero-order valence-electron chi connectivity index (χ0n) is 12.8. The van der Waals surface area contributed by atoms with Crippen LogP contribution in [0, 0.1) is 5.41 Å². The van der Waals surface area contributed by atoms with E-state index in [0.29, 0.717) is 18.9 Å². The average molecular weight is 286 g/mol. The van der Waals surface area contributed by atoms with Crippen LogP contribution in [0.25, 0.3) is 0 Å². The number of benzene rings is 1. The van der Waals surface area contributed by atoms with Crippen LogP contribution >= 0.6 is 0 Å². The van der Waals surface area contributed by atoms with Gasteiger partial charge >= 0.3 is 0 Å². The van der Waals surface area contributed by atoms with Gasteiger partial charge in [-0.3, -0.25) is 4.79 Å². The maximum atomic E-state index is 12.7. The molecule has 21 heavy (non-hydrogen) atoms. The zero-order chi connectivity index (χ0) is 14.7. The fourth-order valence-corrected chi connectivity index (χ4v) is 3.90. The molecule has 1 saturated carbocycles. The zero-order valence-corrected chi connectivity index (χ0v) is 12.8. The highest BCUT2D eigenvalue weighted by Crippen LogP contribution is 2.39. The van der Waals surface area contributed by atoms with Crippen LogP contribution in [-0.2, 0) is 17.8 Å². The van der Waals surface area contributed by atoms with E-state index in [9.17, 15) is 4.79 Å². The van der Waals surface area contributed by atoms with Gasteiger partial charge in [0.2, 0.25) is 5.91 Å². The summed E-state index contributed by atoms with van der Waals surface area (Å²) in [5, 5.41) is 0. The lowest BCUT2D eigenvalue weighted by Crippen LogP contribution is -2.42. The van der Waals surface area contributed by atoms with Crippen LogP contribution in [0.5, 0.6) is 0 Å². The molecule has 1 aromatic carbocycles. The van der Waals surface area contributed by atoms with E-state index in [4.69, 9.17) is 5.73 Å². The Morgan fingerprint density at radius 2 is 1.86 bits per heavy atom. The molecule has 0 atom stereocenters. The molecule has 3 rings (SSSR count). The van der Waals surface area contributed by atoms with Crippen LogP contribution in [0.2, 0.25) is 0 Å². The van der Waals surface area contributed by atoms with Gasteiger partial charge in [-0.1, -0.05) is 43.5 Å². The number of amides is 1. The van der Waals surface area contributed by atoms with E-state index in [-0.39, 0.29) is 5.41 Å².